The van der Waals surface area contributed by atoms with Gasteiger partial charge in [-0.15, -0.1) is 0 Å². The minimum atomic E-state index is -4.15. The van der Waals surface area contributed by atoms with E-state index in [-0.39, 0.29) is 34.5 Å². The summed E-state index contributed by atoms with van der Waals surface area (Å²) in [6.07, 6.45) is 0. The minimum Gasteiger partial charge on any atom is -0.354 e. The van der Waals surface area contributed by atoms with Gasteiger partial charge in [-0.1, -0.05) is 23.7 Å². The van der Waals surface area contributed by atoms with Crippen molar-refractivity contribution in [3.63, 3.8) is 0 Å². The van der Waals surface area contributed by atoms with E-state index in [2.05, 4.69) is 5.32 Å². The van der Waals surface area contributed by atoms with Crippen molar-refractivity contribution in [3.8, 4) is 0 Å². The van der Waals surface area contributed by atoms with Crippen molar-refractivity contribution in [3.05, 3.63) is 53.6 Å². The van der Waals surface area contributed by atoms with Crippen LogP contribution in [0.1, 0.15) is 0 Å². The number of hydrogen-bond acceptors (Lipinski definition) is 3. The Hall–Kier alpha value is -0.560. The number of nitrogens with one attached hydrogen (secondary N) is 1. The molecule has 2 N–H and O–H groups in total. The summed E-state index contributed by atoms with van der Waals surface area (Å²) in [4.78, 5) is -0.146. The molecule has 0 fully saturated rings. The molecule has 0 unspecified atom stereocenters. The van der Waals surface area contributed by atoms with Gasteiger partial charge in [-0.3, -0.25) is 4.55 Å². The largest absolute Gasteiger partial charge is 0.354 e. The first kappa shape index (κ1) is 16.5. The number of benzene rings is 2. The predicted molar refractivity (Wildman–Crippen MR) is 76.7 cm³/mol. The number of hydrogen-bond donors (Lipinski definition) is 2. The molecule has 1 radical (unpaired) electrons. The molecule has 2 rings (SSSR count). The molecule has 95 valence electrons. The Labute approximate surface area is 138 Å². The topological polar surface area (TPSA) is 66.4 Å². The second-order valence-corrected chi connectivity index (χ2v) is 5.43. The van der Waals surface area contributed by atoms with Crippen molar-refractivity contribution >= 4 is 62.7 Å². The molecule has 7 heteroatoms. The fraction of sp³-hybridized carbons (Fsp3) is 0. The molecule has 0 heterocycles. The summed E-state index contributed by atoms with van der Waals surface area (Å²) < 4.78 is 30.6. The minimum absolute atomic E-state index is 0. The average molecular weight is 307 g/mol. The van der Waals surface area contributed by atoms with Crippen LogP contribution in [-0.4, -0.2) is 42.5 Å². The van der Waals surface area contributed by atoms with Gasteiger partial charge in [0, 0.05) is 35.2 Å². The Morgan fingerprint density at radius 1 is 1.00 bits per heavy atom. The maximum absolute atomic E-state index is 10.9. The summed E-state index contributed by atoms with van der Waals surface area (Å²) in [6.45, 7) is 0. The van der Waals surface area contributed by atoms with Crippen LogP contribution in [0.4, 0.5) is 11.4 Å². The summed E-state index contributed by atoms with van der Waals surface area (Å²) >= 11 is 5.98. The normalized spacial score (nSPS) is 10.6. The van der Waals surface area contributed by atoms with Crippen molar-refractivity contribution in [1.29, 1.82) is 0 Å². The third-order valence-corrected chi connectivity index (χ3v) is 3.50. The molecule has 4 nitrogen and oxygen atoms in total. The van der Waals surface area contributed by atoms with Crippen molar-refractivity contribution in [1.82, 2.24) is 0 Å². The van der Waals surface area contributed by atoms with Gasteiger partial charge in [0.1, 0.15) is 0 Å². The maximum Gasteiger partial charge on any atom is 0.294 e. The van der Waals surface area contributed by atoms with Crippen LogP contribution in [0.15, 0.2) is 53.4 Å². The molecule has 0 amide bonds. The van der Waals surface area contributed by atoms with Crippen LogP contribution in [-0.2, 0) is 10.1 Å². The van der Waals surface area contributed by atoms with Gasteiger partial charge in [0.15, 0.2) is 0 Å². The molecule has 0 aliphatic carbocycles. The summed E-state index contributed by atoms with van der Waals surface area (Å²) in [6, 6.07) is 12.9. The molecule has 0 aromatic heterocycles. The zero-order valence-corrected chi connectivity index (χ0v) is 13.7. The third-order valence-electron chi connectivity index (χ3n) is 2.31. The molecule has 0 aliphatic rings. The molecule has 2 aromatic rings. The molecular weight excluding hydrogens is 297 g/mol. The molecule has 19 heavy (non-hydrogen) atoms. The predicted octanol–water partition coefficient (Wildman–Crippen LogP) is 2.95. The summed E-state index contributed by atoms with van der Waals surface area (Å²) in [5.41, 5.74) is 1.40. The van der Waals surface area contributed by atoms with E-state index in [0.717, 1.165) is 5.69 Å². The number of halogens is 1. The fourth-order valence-electron chi connectivity index (χ4n) is 1.43. The molecule has 0 spiro atoms. The van der Waals surface area contributed by atoms with Gasteiger partial charge in [0.25, 0.3) is 10.1 Å². The van der Waals surface area contributed by atoms with Gasteiger partial charge < -0.3 is 5.32 Å². The second-order valence-electron chi connectivity index (χ2n) is 3.60. The first-order valence-electron chi connectivity index (χ1n) is 5.06. The van der Waals surface area contributed by atoms with Crippen molar-refractivity contribution in [2.45, 2.75) is 4.90 Å². The van der Waals surface area contributed by atoms with Crippen molar-refractivity contribution in [2.24, 2.45) is 0 Å². The van der Waals surface area contributed by atoms with Crippen molar-refractivity contribution < 1.29 is 13.0 Å². The average Bonchev–Trinajstić information content (AvgIpc) is 2.32. The van der Waals surface area contributed by atoms with Gasteiger partial charge in [-0.2, -0.15) is 8.42 Å². The zero-order chi connectivity index (χ0) is 13.2. The van der Waals surface area contributed by atoms with E-state index >= 15 is 0 Å². The van der Waals surface area contributed by atoms with Gasteiger partial charge in [0.05, 0.1) is 15.6 Å². The van der Waals surface area contributed by atoms with E-state index in [1.165, 1.54) is 12.1 Å². The van der Waals surface area contributed by atoms with Crippen LogP contribution in [0.3, 0.4) is 0 Å². The van der Waals surface area contributed by atoms with E-state index < -0.39 is 10.1 Å². The first-order valence-corrected chi connectivity index (χ1v) is 6.88. The van der Waals surface area contributed by atoms with E-state index in [0.29, 0.717) is 10.7 Å². The number of rotatable bonds is 3. The smallest absolute Gasteiger partial charge is 0.294 e. The monoisotopic (exact) mass is 306 g/mol. The van der Waals surface area contributed by atoms with E-state index in [1.807, 2.05) is 12.1 Å². The van der Waals surface area contributed by atoms with Gasteiger partial charge in [0.2, 0.25) is 0 Å². The maximum atomic E-state index is 10.9. The number of para-hydroxylation sites is 1. The van der Waals surface area contributed by atoms with Crippen LogP contribution in [0.25, 0.3) is 0 Å². The first-order chi connectivity index (χ1) is 8.47. The Kier molecular flexibility index (Phi) is 5.85. The SMILES string of the molecule is O=S(=O)(O)c1ccc(Nc2ccccc2Cl)cc1.[Na]. The molecule has 0 aliphatic heterocycles. The Morgan fingerprint density at radius 3 is 2.11 bits per heavy atom. The van der Waals surface area contributed by atoms with Gasteiger partial charge >= 0.3 is 0 Å². The second kappa shape index (κ2) is 6.74. The zero-order valence-electron chi connectivity index (χ0n) is 10.2. The van der Waals surface area contributed by atoms with Crippen LogP contribution in [0.2, 0.25) is 5.02 Å². The van der Waals surface area contributed by atoms with Crippen LogP contribution in [0, 0.1) is 0 Å². The summed E-state index contributed by atoms with van der Waals surface area (Å²) in [5.74, 6) is 0. The Bertz CT molecular complexity index is 659. The standard InChI is InChI=1S/C12H10ClNO3S.Na/c13-11-3-1-2-4-12(11)14-9-5-7-10(8-6-9)18(15,16)17;/h1-8,14H,(H,15,16,17);. The Morgan fingerprint density at radius 2 is 1.58 bits per heavy atom. The van der Waals surface area contributed by atoms with E-state index in [4.69, 9.17) is 16.2 Å². The number of anilines is 2. The van der Waals surface area contributed by atoms with Crippen LogP contribution >= 0.6 is 11.6 Å². The summed E-state index contributed by atoms with van der Waals surface area (Å²) in [5, 5.41) is 3.61. The molecule has 0 saturated carbocycles. The van der Waals surface area contributed by atoms with Crippen molar-refractivity contribution in [2.75, 3.05) is 5.32 Å². The fourth-order valence-corrected chi connectivity index (χ4v) is 2.09. The molecule has 0 saturated heterocycles. The molecule has 0 atom stereocenters. The third kappa shape index (κ3) is 4.49. The molecular formula is C12H10ClNNaO3S. The molecule has 2 aromatic carbocycles. The Balaban J connectivity index is 0.00000180. The van der Waals surface area contributed by atoms with E-state index in [1.54, 1.807) is 24.3 Å². The quantitative estimate of drug-likeness (QED) is 0.676. The van der Waals surface area contributed by atoms with Gasteiger partial charge in [-0.25, -0.2) is 0 Å². The van der Waals surface area contributed by atoms with Crippen LogP contribution < -0.4 is 5.32 Å². The summed E-state index contributed by atoms with van der Waals surface area (Å²) in [7, 11) is -4.15. The van der Waals surface area contributed by atoms with E-state index in [9.17, 15) is 8.42 Å². The van der Waals surface area contributed by atoms with Crippen LogP contribution in [0.5, 0.6) is 0 Å². The van der Waals surface area contributed by atoms with Gasteiger partial charge in [-0.05, 0) is 36.4 Å². The molecule has 0 bridgehead atoms.